The minimum Gasteiger partial charge on any atom is -0.438 e. The Kier molecular flexibility index (Phi) is 3.71. The molecule has 1 heterocycles. The van der Waals surface area contributed by atoms with Crippen molar-refractivity contribution in [3.05, 3.63) is 0 Å². The standard InChI is InChI=1S/C9H16O5/c1-4-9(2)12-5-7(6-13-9)14-8(10)11-3/h7H,4-6H2,1-3H3. The quantitative estimate of drug-likeness (QED) is 0.635. The molecule has 0 amide bonds. The summed E-state index contributed by atoms with van der Waals surface area (Å²) in [7, 11) is 1.27. The zero-order chi connectivity index (χ0) is 10.6. The second-order valence-electron chi connectivity index (χ2n) is 3.30. The van der Waals surface area contributed by atoms with Crippen molar-refractivity contribution in [2.45, 2.75) is 32.2 Å². The second kappa shape index (κ2) is 4.61. The minimum atomic E-state index is -0.706. The maximum Gasteiger partial charge on any atom is 0.508 e. The van der Waals surface area contributed by atoms with Crippen LogP contribution in [0.25, 0.3) is 0 Å². The van der Waals surface area contributed by atoms with Gasteiger partial charge < -0.3 is 18.9 Å². The van der Waals surface area contributed by atoms with Gasteiger partial charge in [0.15, 0.2) is 11.9 Å². The molecule has 5 nitrogen and oxygen atoms in total. The van der Waals surface area contributed by atoms with Crippen molar-refractivity contribution in [1.82, 2.24) is 0 Å². The zero-order valence-corrected chi connectivity index (χ0v) is 8.74. The summed E-state index contributed by atoms with van der Waals surface area (Å²) < 4.78 is 20.1. The summed E-state index contributed by atoms with van der Waals surface area (Å²) in [6.45, 7) is 4.53. The third kappa shape index (κ3) is 2.85. The van der Waals surface area contributed by atoms with Crippen LogP contribution in [0, 0.1) is 0 Å². The Morgan fingerprint density at radius 1 is 1.50 bits per heavy atom. The first kappa shape index (κ1) is 11.3. The van der Waals surface area contributed by atoms with E-state index in [1.165, 1.54) is 7.11 Å². The Hall–Kier alpha value is -0.810. The normalized spacial score (nSPS) is 32.4. The Balaban J connectivity index is 2.32. The van der Waals surface area contributed by atoms with Crippen LogP contribution < -0.4 is 0 Å². The lowest BCUT2D eigenvalue weighted by atomic mass is 10.2. The molecule has 0 aromatic rings. The van der Waals surface area contributed by atoms with Gasteiger partial charge in [-0.2, -0.15) is 0 Å². The van der Waals surface area contributed by atoms with Crippen molar-refractivity contribution in [2.24, 2.45) is 0 Å². The van der Waals surface area contributed by atoms with E-state index >= 15 is 0 Å². The van der Waals surface area contributed by atoms with Gasteiger partial charge >= 0.3 is 6.16 Å². The lowest BCUT2D eigenvalue weighted by molar-refractivity contribution is -0.284. The third-order valence-electron chi connectivity index (χ3n) is 2.22. The van der Waals surface area contributed by atoms with Crippen molar-refractivity contribution < 1.29 is 23.7 Å². The molecular weight excluding hydrogens is 188 g/mol. The summed E-state index contributed by atoms with van der Waals surface area (Å²) in [5, 5.41) is 0. The summed E-state index contributed by atoms with van der Waals surface area (Å²) in [5.74, 6) is -0.546. The van der Waals surface area contributed by atoms with Crippen molar-refractivity contribution >= 4 is 6.16 Å². The average Bonchev–Trinajstić information content (AvgIpc) is 2.21. The van der Waals surface area contributed by atoms with Crippen LogP contribution in [0.15, 0.2) is 0 Å². The second-order valence-corrected chi connectivity index (χ2v) is 3.30. The summed E-state index contributed by atoms with van der Waals surface area (Å²) in [6.07, 6.45) is -0.317. The molecule has 0 saturated carbocycles. The summed E-state index contributed by atoms with van der Waals surface area (Å²) in [6, 6.07) is 0. The van der Waals surface area contributed by atoms with Crippen LogP contribution in [-0.2, 0) is 18.9 Å². The predicted octanol–water partition coefficient (Wildman–Crippen LogP) is 1.31. The van der Waals surface area contributed by atoms with Gasteiger partial charge in [-0.15, -0.1) is 0 Å². The molecule has 1 fully saturated rings. The SMILES string of the molecule is CCC1(C)OCC(OC(=O)OC)CO1. The molecule has 82 valence electrons. The van der Waals surface area contributed by atoms with E-state index in [2.05, 4.69) is 4.74 Å². The molecule has 1 rings (SSSR count). The van der Waals surface area contributed by atoms with Crippen LogP contribution in [0.5, 0.6) is 0 Å². The van der Waals surface area contributed by atoms with Gasteiger partial charge in [0.25, 0.3) is 0 Å². The van der Waals surface area contributed by atoms with Gasteiger partial charge in [-0.25, -0.2) is 4.79 Å². The number of hydrogen-bond donors (Lipinski definition) is 0. The molecule has 0 unspecified atom stereocenters. The molecule has 14 heavy (non-hydrogen) atoms. The predicted molar refractivity (Wildman–Crippen MR) is 47.9 cm³/mol. The fourth-order valence-electron chi connectivity index (χ4n) is 1.08. The van der Waals surface area contributed by atoms with E-state index in [9.17, 15) is 4.79 Å². The molecular formula is C9H16O5. The number of carbonyl (C=O) groups is 1. The van der Waals surface area contributed by atoms with Crippen LogP contribution in [0.4, 0.5) is 4.79 Å². The Labute approximate surface area is 83.3 Å². The van der Waals surface area contributed by atoms with E-state index in [1.54, 1.807) is 0 Å². The van der Waals surface area contributed by atoms with Gasteiger partial charge in [0, 0.05) is 0 Å². The van der Waals surface area contributed by atoms with E-state index < -0.39 is 11.9 Å². The Bertz CT molecular complexity index is 195. The van der Waals surface area contributed by atoms with Crippen molar-refractivity contribution in [1.29, 1.82) is 0 Å². The highest BCUT2D eigenvalue weighted by Gasteiger charge is 2.33. The van der Waals surface area contributed by atoms with Crippen molar-refractivity contribution in [3.63, 3.8) is 0 Å². The molecule has 0 aromatic heterocycles. The fraction of sp³-hybridized carbons (Fsp3) is 0.889. The van der Waals surface area contributed by atoms with Gasteiger partial charge in [-0.3, -0.25) is 0 Å². The molecule has 0 atom stereocenters. The molecule has 0 radical (unpaired) electrons. The molecule has 0 spiro atoms. The first-order valence-electron chi connectivity index (χ1n) is 4.62. The van der Waals surface area contributed by atoms with E-state index in [0.29, 0.717) is 13.2 Å². The molecule has 0 aliphatic carbocycles. The monoisotopic (exact) mass is 204 g/mol. The molecule has 0 N–H and O–H groups in total. The number of methoxy groups -OCH3 is 1. The summed E-state index contributed by atoms with van der Waals surface area (Å²) in [4.78, 5) is 10.8. The number of ether oxygens (including phenoxy) is 4. The third-order valence-corrected chi connectivity index (χ3v) is 2.22. The lowest BCUT2D eigenvalue weighted by Gasteiger charge is -2.36. The molecule has 5 heteroatoms. The number of rotatable bonds is 2. The summed E-state index contributed by atoms with van der Waals surface area (Å²) >= 11 is 0. The highest BCUT2D eigenvalue weighted by atomic mass is 16.8. The van der Waals surface area contributed by atoms with Crippen LogP contribution >= 0.6 is 0 Å². The van der Waals surface area contributed by atoms with Gasteiger partial charge in [0.1, 0.15) is 0 Å². The molecule has 1 aliphatic rings. The molecule has 1 aliphatic heterocycles. The maximum atomic E-state index is 10.8. The maximum absolute atomic E-state index is 10.8. The molecule has 0 aromatic carbocycles. The summed E-state index contributed by atoms with van der Waals surface area (Å²) in [5.41, 5.74) is 0. The van der Waals surface area contributed by atoms with Crippen LogP contribution in [0.1, 0.15) is 20.3 Å². The highest BCUT2D eigenvalue weighted by Crippen LogP contribution is 2.22. The number of hydrogen-bond acceptors (Lipinski definition) is 5. The van der Waals surface area contributed by atoms with Gasteiger partial charge in [-0.1, -0.05) is 6.92 Å². The van der Waals surface area contributed by atoms with E-state index in [4.69, 9.17) is 14.2 Å². The van der Waals surface area contributed by atoms with Gasteiger partial charge in [-0.05, 0) is 13.3 Å². The van der Waals surface area contributed by atoms with Crippen LogP contribution in [-0.4, -0.2) is 38.4 Å². The topological polar surface area (TPSA) is 54.0 Å². The van der Waals surface area contributed by atoms with E-state index in [-0.39, 0.29) is 6.10 Å². The van der Waals surface area contributed by atoms with E-state index in [1.807, 2.05) is 13.8 Å². The van der Waals surface area contributed by atoms with Gasteiger partial charge in [0.2, 0.25) is 0 Å². The lowest BCUT2D eigenvalue weighted by Crippen LogP contribution is -2.45. The first-order chi connectivity index (χ1) is 6.59. The largest absolute Gasteiger partial charge is 0.508 e. The van der Waals surface area contributed by atoms with Gasteiger partial charge in [0.05, 0.1) is 20.3 Å². The molecule has 0 bridgehead atoms. The minimum absolute atomic E-state index is 0.347. The Morgan fingerprint density at radius 2 is 2.07 bits per heavy atom. The van der Waals surface area contributed by atoms with Crippen LogP contribution in [0.2, 0.25) is 0 Å². The number of carbonyl (C=O) groups excluding carboxylic acids is 1. The Morgan fingerprint density at radius 3 is 2.50 bits per heavy atom. The van der Waals surface area contributed by atoms with Crippen molar-refractivity contribution in [2.75, 3.05) is 20.3 Å². The smallest absolute Gasteiger partial charge is 0.438 e. The fourth-order valence-corrected chi connectivity index (χ4v) is 1.08. The van der Waals surface area contributed by atoms with Crippen molar-refractivity contribution in [3.8, 4) is 0 Å². The van der Waals surface area contributed by atoms with E-state index in [0.717, 1.165) is 6.42 Å². The average molecular weight is 204 g/mol. The molecule has 1 saturated heterocycles. The van der Waals surface area contributed by atoms with Crippen LogP contribution in [0.3, 0.4) is 0 Å². The zero-order valence-electron chi connectivity index (χ0n) is 8.74. The highest BCUT2D eigenvalue weighted by molar-refractivity contribution is 5.59. The first-order valence-corrected chi connectivity index (χ1v) is 4.62.